The smallest absolute Gasteiger partial charge is 0.407 e. The van der Waals surface area contributed by atoms with Crippen molar-refractivity contribution < 1.29 is 33.4 Å². The fourth-order valence-electron chi connectivity index (χ4n) is 12.3. The van der Waals surface area contributed by atoms with Gasteiger partial charge in [0.25, 0.3) is 0 Å². The van der Waals surface area contributed by atoms with Crippen molar-refractivity contribution in [2.24, 2.45) is 46.3 Å². The van der Waals surface area contributed by atoms with Gasteiger partial charge < -0.3 is 29.7 Å². The number of ether oxygens (including phenoxy) is 3. The molecule has 8 atom stereocenters. The summed E-state index contributed by atoms with van der Waals surface area (Å²) in [6.45, 7) is 25.2. The summed E-state index contributed by atoms with van der Waals surface area (Å²) in [6.07, 6.45) is 23.5. The number of rotatable bonds is 23. The lowest BCUT2D eigenvalue weighted by molar-refractivity contribution is -0.156. The molecule has 3 amide bonds. The van der Waals surface area contributed by atoms with E-state index in [1.807, 2.05) is 41.5 Å². The summed E-state index contributed by atoms with van der Waals surface area (Å²) in [4.78, 5) is 52.9. The summed E-state index contributed by atoms with van der Waals surface area (Å²) in [5.74, 6) is 4.47. The SMILES string of the molecule is CC(C)CCCC(C)C1CCC2C3CC=C4CC(OC(=O)CN(CCCCCCCCNC(=O)OC(C)(C)C)C(=O)CCCCCNC(=O)OC(C)(C)C)CCC4(C)C3CCC12C. The number of hydrogen-bond acceptors (Lipinski definition) is 7. The minimum absolute atomic E-state index is 0.00972. The zero-order valence-electron chi connectivity index (χ0n) is 42.1. The molecular formula is C53H93N3O7. The van der Waals surface area contributed by atoms with Crippen LogP contribution < -0.4 is 10.6 Å². The fraction of sp³-hybridized carbons (Fsp3) is 0.887. The van der Waals surface area contributed by atoms with Gasteiger partial charge in [0.1, 0.15) is 23.9 Å². The first kappa shape index (κ1) is 52.8. The summed E-state index contributed by atoms with van der Waals surface area (Å²) in [5.41, 5.74) is 1.13. The lowest BCUT2D eigenvalue weighted by Crippen LogP contribution is -2.51. The Hall–Kier alpha value is -2.78. The average Bonchev–Trinajstić information content (AvgIpc) is 3.54. The number of carbonyl (C=O) groups excluding carboxylic acids is 4. The second-order valence-corrected chi connectivity index (χ2v) is 23.2. The van der Waals surface area contributed by atoms with E-state index in [1.165, 1.54) is 56.9 Å². The van der Waals surface area contributed by atoms with E-state index < -0.39 is 17.3 Å². The molecule has 4 aliphatic carbocycles. The van der Waals surface area contributed by atoms with E-state index in [-0.39, 0.29) is 36.0 Å². The van der Waals surface area contributed by atoms with Crippen LogP contribution in [0.4, 0.5) is 9.59 Å². The largest absolute Gasteiger partial charge is 0.461 e. The van der Waals surface area contributed by atoms with Crippen molar-refractivity contribution >= 4 is 24.1 Å². The Morgan fingerprint density at radius 2 is 1.33 bits per heavy atom. The van der Waals surface area contributed by atoms with Gasteiger partial charge in [-0.3, -0.25) is 9.59 Å². The van der Waals surface area contributed by atoms with Crippen molar-refractivity contribution in [2.45, 2.75) is 228 Å². The normalized spacial score (nSPS) is 27.3. The molecule has 63 heavy (non-hydrogen) atoms. The van der Waals surface area contributed by atoms with Crippen LogP contribution in [-0.2, 0) is 23.8 Å². The molecule has 0 aliphatic heterocycles. The Balaban J connectivity index is 1.26. The van der Waals surface area contributed by atoms with Gasteiger partial charge >= 0.3 is 18.2 Å². The molecule has 0 heterocycles. The molecule has 362 valence electrons. The van der Waals surface area contributed by atoms with Crippen LogP contribution in [0.25, 0.3) is 0 Å². The van der Waals surface area contributed by atoms with Gasteiger partial charge in [-0.25, -0.2) is 9.59 Å². The van der Waals surface area contributed by atoms with E-state index in [1.54, 1.807) is 4.90 Å². The van der Waals surface area contributed by atoms with Gasteiger partial charge in [0, 0.05) is 32.5 Å². The van der Waals surface area contributed by atoms with E-state index in [0.29, 0.717) is 37.9 Å². The average molecular weight is 884 g/mol. The Morgan fingerprint density at radius 3 is 1.95 bits per heavy atom. The van der Waals surface area contributed by atoms with Gasteiger partial charge in [-0.2, -0.15) is 0 Å². The first-order chi connectivity index (χ1) is 29.6. The maximum absolute atomic E-state index is 13.7. The Morgan fingerprint density at radius 1 is 0.730 bits per heavy atom. The number of allylic oxidation sites excluding steroid dienone is 1. The van der Waals surface area contributed by atoms with Crippen molar-refractivity contribution in [3.05, 3.63) is 11.6 Å². The first-order valence-electron chi connectivity index (χ1n) is 25.7. The number of unbranched alkanes of at least 4 members (excludes halogenated alkanes) is 7. The van der Waals surface area contributed by atoms with Crippen molar-refractivity contribution in [1.82, 2.24) is 15.5 Å². The van der Waals surface area contributed by atoms with Gasteiger partial charge in [-0.1, -0.05) is 97.6 Å². The second kappa shape index (κ2) is 24.1. The van der Waals surface area contributed by atoms with Crippen LogP contribution in [0.5, 0.6) is 0 Å². The van der Waals surface area contributed by atoms with Crippen LogP contribution in [0.2, 0.25) is 0 Å². The third kappa shape index (κ3) is 16.6. The predicted octanol–water partition coefficient (Wildman–Crippen LogP) is 12.7. The van der Waals surface area contributed by atoms with Crippen molar-refractivity contribution in [3.63, 3.8) is 0 Å². The first-order valence-corrected chi connectivity index (χ1v) is 25.7. The molecule has 4 rings (SSSR count). The van der Waals surface area contributed by atoms with E-state index >= 15 is 0 Å². The monoisotopic (exact) mass is 884 g/mol. The molecule has 0 saturated heterocycles. The zero-order chi connectivity index (χ0) is 46.4. The van der Waals surface area contributed by atoms with Gasteiger partial charge in [-0.15, -0.1) is 0 Å². The number of alkyl carbamates (subject to hydrolysis) is 2. The van der Waals surface area contributed by atoms with Gasteiger partial charge in [0.15, 0.2) is 0 Å². The highest BCUT2D eigenvalue weighted by atomic mass is 16.6. The number of amides is 3. The van der Waals surface area contributed by atoms with Crippen LogP contribution in [0.15, 0.2) is 11.6 Å². The second-order valence-electron chi connectivity index (χ2n) is 23.2. The van der Waals surface area contributed by atoms with Crippen LogP contribution in [0.1, 0.15) is 211 Å². The quantitative estimate of drug-likeness (QED) is 0.0453. The number of esters is 1. The van der Waals surface area contributed by atoms with E-state index in [0.717, 1.165) is 106 Å². The maximum atomic E-state index is 13.7. The zero-order valence-corrected chi connectivity index (χ0v) is 42.1. The maximum Gasteiger partial charge on any atom is 0.407 e. The summed E-state index contributed by atoms with van der Waals surface area (Å²) in [7, 11) is 0. The molecule has 0 aromatic heterocycles. The van der Waals surface area contributed by atoms with E-state index in [2.05, 4.69) is 51.3 Å². The van der Waals surface area contributed by atoms with Crippen LogP contribution in [0, 0.1) is 46.3 Å². The number of nitrogens with one attached hydrogen (secondary N) is 2. The molecular weight excluding hydrogens is 791 g/mol. The molecule has 8 unspecified atom stereocenters. The molecule has 0 aromatic rings. The molecule has 10 heteroatoms. The predicted molar refractivity (Wildman–Crippen MR) is 254 cm³/mol. The molecule has 10 nitrogen and oxygen atoms in total. The number of fused-ring (bicyclic) bond motifs is 5. The number of carbonyl (C=O) groups is 4. The van der Waals surface area contributed by atoms with Gasteiger partial charge in [0.05, 0.1) is 0 Å². The third-order valence-electron chi connectivity index (χ3n) is 15.5. The molecule has 0 radical (unpaired) electrons. The van der Waals surface area contributed by atoms with Crippen LogP contribution in [0.3, 0.4) is 0 Å². The minimum atomic E-state index is -0.543. The summed E-state index contributed by atoms with van der Waals surface area (Å²) >= 11 is 0. The topological polar surface area (TPSA) is 123 Å². The van der Waals surface area contributed by atoms with Crippen molar-refractivity contribution in [3.8, 4) is 0 Å². The van der Waals surface area contributed by atoms with Gasteiger partial charge in [0.2, 0.25) is 5.91 Å². The summed E-state index contributed by atoms with van der Waals surface area (Å²) < 4.78 is 16.9. The molecule has 0 spiro atoms. The van der Waals surface area contributed by atoms with Crippen LogP contribution in [-0.4, -0.2) is 72.4 Å². The van der Waals surface area contributed by atoms with Crippen LogP contribution >= 0.6 is 0 Å². The Labute approximate surface area is 384 Å². The third-order valence-corrected chi connectivity index (χ3v) is 15.5. The molecule has 0 aromatic carbocycles. The number of hydrogen-bond donors (Lipinski definition) is 2. The molecule has 2 N–H and O–H groups in total. The molecule has 4 aliphatic rings. The molecule has 0 bridgehead atoms. The highest BCUT2D eigenvalue weighted by Gasteiger charge is 2.59. The van der Waals surface area contributed by atoms with Crippen molar-refractivity contribution in [2.75, 3.05) is 26.2 Å². The van der Waals surface area contributed by atoms with E-state index in [4.69, 9.17) is 14.2 Å². The molecule has 3 fully saturated rings. The number of nitrogens with zero attached hydrogens (tertiary/aromatic N) is 1. The summed E-state index contributed by atoms with van der Waals surface area (Å²) in [6, 6.07) is 0. The fourth-order valence-corrected chi connectivity index (χ4v) is 12.3. The van der Waals surface area contributed by atoms with E-state index in [9.17, 15) is 19.2 Å². The summed E-state index contributed by atoms with van der Waals surface area (Å²) in [5, 5.41) is 5.62. The highest BCUT2D eigenvalue weighted by Crippen LogP contribution is 2.67. The highest BCUT2D eigenvalue weighted by molar-refractivity contribution is 5.82. The lowest BCUT2D eigenvalue weighted by atomic mass is 9.47. The lowest BCUT2D eigenvalue weighted by Gasteiger charge is -2.58. The Kier molecular flexibility index (Phi) is 20.2. The standard InChI is InChI=1S/C53H93N3O7/c1-38(2)22-21-23-39(3)43-27-28-44-42-26-25-40-36-41(29-31-52(40,10)45(42)30-32-53(43,44)11)61-47(58)37-56(46(57)24-17-16-19-34-55-49(60)63-51(7,8)9)35-20-15-13-12-14-18-33-54-48(59)62-50(4,5)6/h25,38-39,41-45H,12-24,26-37H2,1-11H3,(H,54,59)(H,55,60). The molecule has 3 saturated carbocycles. The Bertz CT molecular complexity index is 1500. The minimum Gasteiger partial charge on any atom is -0.461 e. The van der Waals surface area contributed by atoms with Gasteiger partial charge in [-0.05, 0) is 159 Å². The van der Waals surface area contributed by atoms with Crippen molar-refractivity contribution in [1.29, 1.82) is 0 Å².